The Bertz CT molecular complexity index is 1000. The zero-order valence-electron chi connectivity index (χ0n) is 16.6. The van der Waals surface area contributed by atoms with Gasteiger partial charge in [0.05, 0.1) is 12.5 Å². The second-order valence-corrected chi connectivity index (χ2v) is 7.26. The molecule has 6 heteroatoms. The second kappa shape index (κ2) is 9.56. The molecule has 0 unspecified atom stereocenters. The first-order chi connectivity index (χ1) is 14.0. The summed E-state index contributed by atoms with van der Waals surface area (Å²) in [6, 6.07) is 18.9. The summed E-state index contributed by atoms with van der Waals surface area (Å²) < 4.78 is 5.84. The third-order valence-corrected chi connectivity index (χ3v) is 4.36. The maximum Gasteiger partial charge on any atom is 0.276 e. The lowest BCUT2D eigenvalue weighted by atomic mass is 10.1. The molecule has 2 aromatic carbocycles. The highest BCUT2D eigenvalue weighted by atomic mass is 16.5. The summed E-state index contributed by atoms with van der Waals surface area (Å²) in [5, 5.41) is 18.7. The largest absolute Gasteiger partial charge is 0.489 e. The van der Waals surface area contributed by atoms with Crippen LogP contribution >= 0.6 is 0 Å². The smallest absolute Gasteiger partial charge is 0.276 e. The Morgan fingerprint density at radius 2 is 1.97 bits per heavy atom. The first kappa shape index (κ1) is 20.2. The number of anilines is 1. The fraction of sp³-hybridized carbons (Fsp3) is 0.261. The molecule has 6 nitrogen and oxygen atoms in total. The van der Waals surface area contributed by atoms with Crippen molar-refractivity contribution in [2.24, 2.45) is 5.92 Å². The van der Waals surface area contributed by atoms with Crippen molar-refractivity contribution in [1.29, 1.82) is 5.26 Å². The number of ether oxygens (including phenoxy) is 1. The van der Waals surface area contributed by atoms with Crippen LogP contribution in [0.4, 0.5) is 5.69 Å². The number of aromatic nitrogens is 2. The van der Waals surface area contributed by atoms with E-state index in [1.165, 1.54) is 0 Å². The van der Waals surface area contributed by atoms with Gasteiger partial charge in [0.2, 0.25) is 0 Å². The number of hydrogen-bond acceptors (Lipinski definition) is 4. The number of H-pyrrole nitrogens is 1. The molecule has 148 valence electrons. The highest BCUT2D eigenvalue weighted by Gasteiger charge is 2.13. The van der Waals surface area contributed by atoms with E-state index in [4.69, 9.17) is 10.00 Å². The monoisotopic (exact) mass is 388 g/mol. The van der Waals surface area contributed by atoms with Gasteiger partial charge >= 0.3 is 0 Å². The van der Waals surface area contributed by atoms with Gasteiger partial charge in [0.1, 0.15) is 12.4 Å². The van der Waals surface area contributed by atoms with Gasteiger partial charge < -0.3 is 10.1 Å². The minimum Gasteiger partial charge on any atom is -0.489 e. The van der Waals surface area contributed by atoms with Gasteiger partial charge in [0, 0.05) is 16.9 Å². The van der Waals surface area contributed by atoms with Gasteiger partial charge in [-0.3, -0.25) is 9.89 Å². The van der Waals surface area contributed by atoms with E-state index in [0.29, 0.717) is 36.1 Å². The Morgan fingerprint density at radius 3 is 2.69 bits per heavy atom. The van der Waals surface area contributed by atoms with Crippen molar-refractivity contribution in [1.82, 2.24) is 10.2 Å². The average molecular weight is 388 g/mol. The zero-order chi connectivity index (χ0) is 20.6. The van der Waals surface area contributed by atoms with Gasteiger partial charge in [-0.1, -0.05) is 44.2 Å². The van der Waals surface area contributed by atoms with E-state index >= 15 is 0 Å². The number of nitrogens with zero attached hydrogens (tertiary/aromatic N) is 2. The molecule has 3 aromatic rings. The fourth-order valence-electron chi connectivity index (χ4n) is 2.93. The van der Waals surface area contributed by atoms with Crippen molar-refractivity contribution >= 4 is 11.6 Å². The van der Waals surface area contributed by atoms with Crippen LogP contribution in [0, 0.1) is 17.2 Å². The number of nitrogens with one attached hydrogen (secondary N) is 2. The van der Waals surface area contributed by atoms with Crippen LogP contribution in [0.5, 0.6) is 5.75 Å². The van der Waals surface area contributed by atoms with Crippen molar-refractivity contribution in [3.63, 3.8) is 0 Å². The number of carbonyl (C=O) groups is 1. The summed E-state index contributed by atoms with van der Waals surface area (Å²) in [6.07, 6.45) is 1.22. The van der Waals surface area contributed by atoms with Gasteiger partial charge in [-0.15, -0.1) is 0 Å². The standard InChI is InChI=1S/C23H24N4O2/c1-16(2)13-19-14-22(27-26-19)23(28)25-21-6-4-3-5-18(21)15-29-20-9-7-17(8-10-20)11-12-24/h3-10,14,16H,11,13,15H2,1-2H3,(H,25,28)(H,26,27). The number of nitriles is 1. The topological polar surface area (TPSA) is 90.8 Å². The van der Waals surface area contributed by atoms with Crippen LogP contribution in [-0.4, -0.2) is 16.1 Å². The zero-order valence-corrected chi connectivity index (χ0v) is 16.6. The lowest BCUT2D eigenvalue weighted by Gasteiger charge is -2.12. The molecule has 0 aliphatic carbocycles. The van der Waals surface area contributed by atoms with Crippen LogP contribution in [0.3, 0.4) is 0 Å². The third kappa shape index (κ3) is 5.69. The Morgan fingerprint density at radius 1 is 1.21 bits per heavy atom. The Kier molecular flexibility index (Phi) is 6.64. The summed E-state index contributed by atoms with van der Waals surface area (Å²) in [6.45, 7) is 4.55. The van der Waals surface area contributed by atoms with E-state index in [9.17, 15) is 4.79 Å². The van der Waals surface area contributed by atoms with Crippen LogP contribution in [0.15, 0.2) is 54.6 Å². The molecular formula is C23H24N4O2. The SMILES string of the molecule is CC(C)Cc1cc(C(=O)Nc2ccccc2COc2ccc(CC#N)cc2)n[nH]1. The highest BCUT2D eigenvalue weighted by molar-refractivity contribution is 6.03. The molecular weight excluding hydrogens is 364 g/mol. The van der Waals surface area contributed by atoms with E-state index < -0.39 is 0 Å². The van der Waals surface area contributed by atoms with Crippen molar-refractivity contribution < 1.29 is 9.53 Å². The predicted molar refractivity (Wildman–Crippen MR) is 112 cm³/mol. The van der Waals surface area contributed by atoms with Crippen molar-refractivity contribution in [3.8, 4) is 11.8 Å². The molecule has 1 aromatic heterocycles. The molecule has 0 aliphatic heterocycles. The Balaban J connectivity index is 1.64. The van der Waals surface area contributed by atoms with Crippen molar-refractivity contribution in [2.75, 3.05) is 5.32 Å². The summed E-state index contributed by atoms with van der Waals surface area (Å²) in [7, 11) is 0. The number of para-hydroxylation sites is 1. The summed E-state index contributed by atoms with van der Waals surface area (Å²) >= 11 is 0. The number of carbonyl (C=O) groups excluding carboxylic acids is 1. The first-order valence-electron chi connectivity index (χ1n) is 9.57. The Labute approximate surface area is 170 Å². The van der Waals surface area contributed by atoms with E-state index in [1.807, 2.05) is 48.5 Å². The number of hydrogen-bond donors (Lipinski definition) is 2. The minimum absolute atomic E-state index is 0.260. The van der Waals surface area contributed by atoms with Gasteiger partial charge in [0.25, 0.3) is 5.91 Å². The number of amides is 1. The molecule has 0 bridgehead atoms. The van der Waals surface area contributed by atoms with Crippen LogP contribution in [0.2, 0.25) is 0 Å². The number of aromatic amines is 1. The lowest BCUT2D eigenvalue weighted by Crippen LogP contribution is -2.14. The van der Waals surface area contributed by atoms with Gasteiger partial charge in [-0.2, -0.15) is 10.4 Å². The summed E-state index contributed by atoms with van der Waals surface area (Å²) in [4.78, 5) is 12.6. The summed E-state index contributed by atoms with van der Waals surface area (Å²) in [5.41, 5.74) is 3.81. The van der Waals surface area contributed by atoms with Crippen LogP contribution in [0.1, 0.15) is 41.2 Å². The molecule has 29 heavy (non-hydrogen) atoms. The maximum atomic E-state index is 12.6. The average Bonchev–Trinajstić information content (AvgIpc) is 3.16. The quantitative estimate of drug-likeness (QED) is 0.594. The summed E-state index contributed by atoms with van der Waals surface area (Å²) in [5.74, 6) is 0.932. The van der Waals surface area contributed by atoms with Gasteiger partial charge in [-0.05, 0) is 42.2 Å². The molecule has 0 saturated heterocycles. The molecule has 2 N–H and O–H groups in total. The minimum atomic E-state index is -0.260. The fourth-order valence-corrected chi connectivity index (χ4v) is 2.93. The Hall–Kier alpha value is -3.59. The normalized spacial score (nSPS) is 10.6. The molecule has 0 atom stereocenters. The van der Waals surface area contributed by atoms with E-state index in [1.54, 1.807) is 6.07 Å². The number of benzene rings is 2. The van der Waals surface area contributed by atoms with Gasteiger partial charge in [0.15, 0.2) is 5.69 Å². The van der Waals surface area contributed by atoms with Crippen molar-refractivity contribution in [3.05, 3.63) is 77.1 Å². The molecule has 0 aliphatic rings. The van der Waals surface area contributed by atoms with Gasteiger partial charge in [-0.25, -0.2) is 0 Å². The molecule has 0 saturated carbocycles. The second-order valence-electron chi connectivity index (χ2n) is 7.26. The van der Waals surface area contributed by atoms with Crippen LogP contribution < -0.4 is 10.1 Å². The third-order valence-electron chi connectivity index (χ3n) is 4.36. The van der Waals surface area contributed by atoms with Crippen molar-refractivity contribution in [2.45, 2.75) is 33.3 Å². The molecule has 3 rings (SSSR count). The predicted octanol–water partition coefficient (Wildman–Crippen LogP) is 4.51. The van der Waals surface area contributed by atoms with E-state index in [-0.39, 0.29) is 5.91 Å². The maximum absolute atomic E-state index is 12.6. The van der Waals surface area contributed by atoms with Crippen LogP contribution in [0.25, 0.3) is 0 Å². The molecule has 0 radical (unpaired) electrons. The van der Waals surface area contributed by atoms with E-state index in [2.05, 4.69) is 35.4 Å². The first-order valence-corrected chi connectivity index (χ1v) is 9.57. The van der Waals surface area contributed by atoms with E-state index in [0.717, 1.165) is 23.2 Å². The highest BCUT2D eigenvalue weighted by Crippen LogP contribution is 2.20. The molecule has 1 heterocycles. The molecule has 1 amide bonds. The lowest BCUT2D eigenvalue weighted by molar-refractivity contribution is 0.102. The molecule has 0 spiro atoms. The number of rotatable bonds is 8. The molecule has 0 fully saturated rings. The van der Waals surface area contributed by atoms with Crippen LogP contribution in [-0.2, 0) is 19.4 Å².